The molecule has 0 saturated carbocycles. The van der Waals surface area contributed by atoms with E-state index < -0.39 is 11.8 Å². The first-order valence-corrected chi connectivity index (χ1v) is 9.48. The number of halogens is 1. The average molecular weight is 445 g/mol. The van der Waals surface area contributed by atoms with E-state index in [-0.39, 0.29) is 18.1 Å². The topological polar surface area (TPSA) is 133 Å². The Hall–Kier alpha value is -3.79. The van der Waals surface area contributed by atoms with Crippen molar-refractivity contribution in [3.63, 3.8) is 0 Å². The number of hydrogen-bond acceptors (Lipinski definition) is 7. The second-order valence-corrected chi connectivity index (χ2v) is 6.95. The van der Waals surface area contributed by atoms with Crippen molar-refractivity contribution in [2.45, 2.75) is 13.5 Å². The molecule has 0 atom stereocenters. The Balaban J connectivity index is 1.70. The summed E-state index contributed by atoms with van der Waals surface area (Å²) in [5.74, 6) is -0.0522. The van der Waals surface area contributed by atoms with Crippen LogP contribution >= 0.6 is 11.6 Å². The van der Waals surface area contributed by atoms with Crippen LogP contribution in [0.25, 0.3) is 0 Å². The molecular weight excluding hydrogens is 424 g/mol. The van der Waals surface area contributed by atoms with Crippen molar-refractivity contribution < 1.29 is 19.1 Å². The van der Waals surface area contributed by atoms with Gasteiger partial charge in [-0.15, -0.1) is 5.10 Å². The minimum absolute atomic E-state index is 0.0454. The molecule has 1 aromatic heterocycles. The van der Waals surface area contributed by atoms with Crippen LogP contribution in [-0.2, 0) is 11.3 Å². The first-order valence-electron chi connectivity index (χ1n) is 9.10. The largest absolute Gasteiger partial charge is 0.493 e. The third-order valence-electron chi connectivity index (χ3n) is 4.40. The first-order chi connectivity index (χ1) is 14.8. The van der Waals surface area contributed by atoms with Gasteiger partial charge in [0.05, 0.1) is 14.2 Å². The lowest BCUT2D eigenvalue weighted by molar-refractivity contribution is -0.116. The van der Waals surface area contributed by atoms with Crippen LogP contribution in [0.2, 0.25) is 5.02 Å². The summed E-state index contributed by atoms with van der Waals surface area (Å²) in [4.78, 5) is 24.9. The minimum Gasteiger partial charge on any atom is -0.493 e. The summed E-state index contributed by atoms with van der Waals surface area (Å²) < 4.78 is 11.5. The summed E-state index contributed by atoms with van der Waals surface area (Å²) in [6.45, 7) is 1.61. The molecule has 0 radical (unpaired) electrons. The lowest BCUT2D eigenvalue weighted by Gasteiger charge is -2.10. The molecule has 3 aromatic rings. The van der Waals surface area contributed by atoms with Crippen LogP contribution in [0.3, 0.4) is 0 Å². The molecule has 10 nitrogen and oxygen atoms in total. The normalized spacial score (nSPS) is 10.5. The molecule has 2 aromatic carbocycles. The van der Waals surface area contributed by atoms with Crippen molar-refractivity contribution in [3.05, 3.63) is 52.7 Å². The van der Waals surface area contributed by atoms with Gasteiger partial charge in [0.1, 0.15) is 6.54 Å². The van der Waals surface area contributed by atoms with E-state index in [9.17, 15) is 9.59 Å². The lowest BCUT2D eigenvalue weighted by atomic mass is 10.2. The molecule has 0 aliphatic rings. The Labute approximate surface area is 183 Å². The number of nitrogen functional groups attached to an aromatic ring is 1. The average Bonchev–Trinajstić information content (AvgIpc) is 3.10. The third-order valence-corrected chi connectivity index (χ3v) is 4.63. The van der Waals surface area contributed by atoms with Gasteiger partial charge in [-0.2, -0.15) is 0 Å². The van der Waals surface area contributed by atoms with Crippen LogP contribution in [0.4, 0.5) is 17.2 Å². The van der Waals surface area contributed by atoms with Gasteiger partial charge in [0.25, 0.3) is 5.91 Å². The monoisotopic (exact) mass is 444 g/mol. The lowest BCUT2D eigenvalue weighted by Crippen LogP contribution is -2.21. The number of benzene rings is 2. The van der Waals surface area contributed by atoms with E-state index >= 15 is 0 Å². The maximum atomic E-state index is 12.6. The Morgan fingerprint density at radius 2 is 1.84 bits per heavy atom. The van der Waals surface area contributed by atoms with Gasteiger partial charge in [0.2, 0.25) is 5.91 Å². The predicted octanol–water partition coefficient (Wildman–Crippen LogP) is 2.73. The highest BCUT2D eigenvalue weighted by molar-refractivity contribution is 6.31. The molecule has 4 N–H and O–H groups in total. The van der Waals surface area contributed by atoms with Gasteiger partial charge in [0, 0.05) is 22.5 Å². The van der Waals surface area contributed by atoms with Gasteiger partial charge in [-0.1, -0.05) is 22.9 Å². The number of carbonyl (C=O) groups excluding carboxylic acids is 2. The summed E-state index contributed by atoms with van der Waals surface area (Å²) in [5.41, 5.74) is 7.75. The third kappa shape index (κ3) is 5.04. The van der Waals surface area contributed by atoms with Gasteiger partial charge in [-0.05, 0) is 36.8 Å². The zero-order chi connectivity index (χ0) is 22.5. The molecule has 0 spiro atoms. The fourth-order valence-electron chi connectivity index (χ4n) is 2.76. The summed E-state index contributed by atoms with van der Waals surface area (Å²) in [6, 6.07) is 10.0. The zero-order valence-corrected chi connectivity index (χ0v) is 17.9. The molecule has 1 heterocycles. The number of ether oxygens (including phenoxy) is 2. The first kappa shape index (κ1) is 21.9. The highest BCUT2D eigenvalue weighted by Crippen LogP contribution is 2.30. The number of amides is 2. The van der Waals surface area contributed by atoms with Crippen LogP contribution in [0.15, 0.2) is 36.4 Å². The quantitative estimate of drug-likeness (QED) is 0.510. The molecule has 0 aliphatic carbocycles. The van der Waals surface area contributed by atoms with E-state index in [2.05, 4.69) is 20.9 Å². The van der Waals surface area contributed by atoms with Crippen molar-refractivity contribution in [2.75, 3.05) is 30.6 Å². The number of nitrogens with zero attached hydrogens (tertiary/aromatic N) is 3. The molecule has 162 valence electrons. The minimum atomic E-state index is -0.581. The van der Waals surface area contributed by atoms with Crippen LogP contribution in [0.5, 0.6) is 11.5 Å². The Morgan fingerprint density at radius 3 is 2.55 bits per heavy atom. The van der Waals surface area contributed by atoms with Crippen LogP contribution < -0.4 is 25.8 Å². The maximum absolute atomic E-state index is 12.6. The van der Waals surface area contributed by atoms with Gasteiger partial charge in [-0.3, -0.25) is 9.59 Å². The number of methoxy groups -OCH3 is 2. The Bertz CT molecular complexity index is 1130. The number of rotatable bonds is 7. The molecular formula is C20H21ClN6O4. The standard InChI is InChI=1S/C20H21ClN6O4/c1-11-4-5-12(21)8-14(11)24-17(28)10-27-19(22)18(25-26-27)20(29)23-13-6-7-15(30-2)16(9-13)31-3/h4-9H,10,22H2,1-3H3,(H,23,29)(H,24,28). The summed E-state index contributed by atoms with van der Waals surface area (Å²) in [6.07, 6.45) is 0. The van der Waals surface area contributed by atoms with E-state index in [1.807, 2.05) is 6.92 Å². The molecule has 0 bridgehead atoms. The fourth-order valence-corrected chi connectivity index (χ4v) is 2.93. The fraction of sp³-hybridized carbons (Fsp3) is 0.200. The smallest absolute Gasteiger partial charge is 0.280 e. The molecule has 31 heavy (non-hydrogen) atoms. The van der Waals surface area contributed by atoms with Gasteiger partial charge < -0.3 is 25.8 Å². The number of aryl methyl sites for hydroxylation is 1. The van der Waals surface area contributed by atoms with E-state index in [1.165, 1.54) is 14.2 Å². The van der Waals surface area contributed by atoms with E-state index in [4.69, 9.17) is 26.8 Å². The Kier molecular flexibility index (Phi) is 6.61. The number of nitrogens with two attached hydrogens (primary N) is 1. The number of nitrogens with one attached hydrogen (secondary N) is 2. The van der Waals surface area contributed by atoms with E-state index in [0.29, 0.717) is 27.9 Å². The Morgan fingerprint density at radius 1 is 1.10 bits per heavy atom. The van der Waals surface area contributed by atoms with E-state index in [1.54, 1.807) is 36.4 Å². The van der Waals surface area contributed by atoms with Gasteiger partial charge in [0.15, 0.2) is 23.0 Å². The molecule has 0 fully saturated rings. The SMILES string of the molecule is COc1ccc(NC(=O)c2nnn(CC(=O)Nc3cc(Cl)ccc3C)c2N)cc1OC. The number of aromatic nitrogens is 3. The summed E-state index contributed by atoms with van der Waals surface area (Å²) in [7, 11) is 3.00. The maximum Gasteiger partial charge on any atom is 0.280 e. The summed E-state index contributed by atoms with van der Waals surface area (Å²) in [5, 5.41) is 13.5. The van der Waals surface area contributed by atoms with Crippen molar-refractivity contribution in [2.24, 2.45) is 0 Å². The molecule has 0 saturated heterocycles. The molecule has 2 amide bonds. The van der Waals surface area contributed by atoms with Crippen LogP contribution in [0.1, 0.15) is 16.1 Å². The van der Waals surface area contributed by atoms with Gasteiger partial charge in [-0.25, -0.2) is 4.68 Å². The van der Waals surface area contributed by atoms with Crippen molar-refractivity contribution in [3.8, 4) is 11.5 Å². The number of anilines is 3. The van der Waals surface area contributed by atoms with E-state index in [0.717, 1.165) is 10.2 Å². The molecule has 0 unspecified atom stereocenters. The van der Waals surface area contributed by atoms with Crippen molar-refractivity contribution >= 4 is 40.6 Å². The predicted molar refractivity (Wildman–Crippen MR) is 117 cm³/mol. The zero-order valence-electron chi connectivity index (χ0n) is 17.1. The number of hydrogen-bond donors (Lipinski definition) is 3. The second kappa shape index (κ2) is 9.35. The van der Waals surface area contributed by atoms with Crippen LogP contribution in [-0.4, -0.2) is 41.0 Å². The highest BCUT2D eigenvalue weighted by atomic mass is 35.5. The summed E-state index contributed by atoms with van der Waals surface area (Å²) >= 11 is 5.97. The molecule has 11 heteroatoms. The molecule has 3 rings (SSSR count). The second-order valence-electron chi connectivity index (χ2n) is 6.51. The highest BCUT2D eigenvalue weighted by Gasteiger charge is 2.20. The van der Waals surface area contributed by atoms with Crippen LogP contribution in [0, 0.1) is 6.92 Å². The van der Waals surface area contributed by atoms with Crippen molar-refractivity contribution in [1.82, 2.24) is 15.0 Å². The molecule has 0 aliphatic heterocycles. The number of carbonyl (C=O) groups is 2. The van der Waals surface area contributed by atoms with Crippen molar-refractivity contribution in [1.29, 1.82) is 0 Å². The van der Waals surface area contributed by atoms with Gasteiger partial charge >= 0.3 is 0 Å².